The molecule has 0 fully saturated rings. The standard InChI is InChI=1S/C16H15NO3/c1-11-9-17-6-4-12(11)10-20-13-2-3-14-15(18)5-7-19-16(14)8-13/h2-4,6,8-9H,5,7,10H2,1H3. The molecule has 4 heteroatoms. The Labute approximate surface area is 117 Å². The molecule has 1 aromatic carbocycles. The molecule has 2 heterocycles. The molecule has 0 N–H and O–H groups in total. The third-order valence-electron chi connectivity index (χ3n) is 3.37. The van der Waals surface area contributed by atoms with Crippen LogP contribution in [-0.4, -0.2) is 17.4 Å². The van der Waals surface area contributed by atoms with Crippen molar-refractivity contribution in [3.63, 3.8) is 0 Å². The third-order valence-corrected chi connectivity index (χ3v) is 3.37. The van der Waals surface area contributed by atoms with Crippen LogP contribution in [0.15, 0.2) is 36.7 Å². The summed E-state index contributed by atoms with van der Waals surface area (Å²) in [6, 6.07) is 7.30. The summed E-state index contributed by atoms with van der Waals surface area (Å²) in [7, 11) is 0. The van der Waals surface area contributed by atoms with Gasteiger partial charge >= 0.3 is 0 Å². The largest absolute Gasteiger partial charge is 0.492 e. The molecule has 2 aromatic rings. The minimum absolute atomic E-state index is 0.128. The molecule has 0 bridgehead atoms. The number of carbonyl (C=O) groups excluding carboxylic acids is 1. The molecule has 1 aliphatic heterocycles. The number of ether oxygens (including phenoxy) is 2. The first-order valence-electron chi connectivity index (χ1n) is 6.56. The van der Waals surface area contributed by atoms with Crippen molar-refractivity contribution in [3.05, 3.63) is 53.3 Å². The third kappa shape index (κ3) is 2.50. The highest BCUT2D eigenvalue weighted by Gasteiger charge is 2.18. The van der Waals surface area contributed by atoms with Crippen molar-refractivity contribution < 1.29 is 14.3 Å². The Morgan fingerprint density at radius 2 is 2.25 bits per heavy atom. The van der Waals surface area contributed by atoms with E-state index in [1.165, 1.54) is 0 Å². The lowest BCUT2D eigenvalue weighted by Gasteiger charge is -2.17. The topological polar surface area (TPSA) is 48.4 Å². The maximum Gasteiger partial charge on any atom is 0.169 e. The zero-order valence-electron chi connectivity index (χ0n) is 11.3. The minimum atomic E-state index is 0.128. The molecule has 0 aliphatic carbocycles. The van der Waals surface area contributed by atoms with E-state index in [1.54, 1.807) is 18.3 Å². The van der Waals surface area contributed by atoms with Gasteiger partial charge in [-0.3, -0.25) is 9.78 Å². The summed E-state index contributed by atoms with van der Waals surface area (Å²) in [5, 5.41) is 0. The van der Waals surface area contributed by atoms with Crippen molar-refractivity contribution in [2.24, 2.45) is 0 Å². The molecule has 1 aromatic heterocycles. The summed E-state index contributed by atoms with van der Waals surface area (Å²) < 4.78 is 11.3. The van der Waals surface area contributed by atoms with E-state index < -0.39 is 0 Å². The lowest BCUT2D eigenvalue weighted by molar-refractivity contribution is 0.0933. The summed E-state index contributed by atoms with van der Waals surface area (Å²) in [5.74, 6) is 1.45. The van der Waals surface area contributed by atoms with Crippen molar-refractivity contribution in [3.8, 4) is 11.5 Å². The van der Waals surface area contributed by atoms with Crippen LogP contribution in [0.25, 0.3) is 0 Å². The minimum Gasteiger partial charge on any atom is -0.492 e. The molecule has 20 heavy (non-hydrogen) atoms. The summed E-state index contributed by atoms with van der Waals surface area (Å²) >= 11 is 0. The van der Waals surface area contributed by atoms with Crippen LogP contribution in [0.3, 0.4) is 0 Å². The van der Waals surface area contributed by atoms with E-state index in [2.05, 4.69) is 4.98 Å². The number of Topliss-reactive ketones (excluding diaryl/α,β-unsaturated/α-hetero) is 1. The predicted octanol–water partition coefficient (Wildman–Crippen LogP) is 2.93. The number of hydrogen-bond acceptors (Lipinski definition) is 4. The number of rotatable bonds is 3. The van der Waals surface area contributed by atoms with E-state index in [0.29, 0.717) is 36.7 Å². The average Bonchev–Trinajstić information content (AvgIpc) is 2.46. The number of nitrogens with zero attached hydrogens (tertiary/aromatic N) is 1. The zero-order valence-corrected chi connectivity index (χ0v) is 11.3. The van der Waals surface area contributed by atoms with Gasteiger partial charge in [0.25, 0.3) is 0 Å². The van der Waals surface area contributed by atoms with Crippen LogP contribution < -0.4 is 9.47 Å². The molecule has 102 valence electrons. The van der Waals surface area contributed by atoms with Gasteiger partial charge in [0.2, 0.25) is 0 Å². The highest BCUT2D eigenvalue weighted by Crippen LogP contribution is 2.29. The van der Waals surface area contributed by atoms with E-state index in [4.69, 9.17) is 9.47 Å². The second kappa shape index (κ2) is 5.33. The van der Waals surface area contributed by atoms with Gasteiger partial charge in [-0.15, -0.1) is 0 Å². The number of pyridine rings is 1. The van der Waals surface area contributed by atoms with Crippen molar-refractivity contribution in [1.29, 1.82) is 0 Å². The van der Waals surface area contributed by atoms with Gasteiger partial charge in [-0.25, -0.2) is 0 Å². The molecule has 0 saturated heterocycles. The number of ketones is 1. The van der Waals surface area contributed by atoms with E-state index in [0.717, 1.165) is 11.1 Å². The van der Waals surface area contributed by atoms with Crippen LogP contribution in [0.1, 0.15) is 27.9 Å². The van der Waals surface area contributed by atoms with Gasteiger partial charge in [0.05, 0.1) is 12.2 Å². The molecule has 0 radical (unpaired) electrons. The number of aryl methyl sites for hydroxylation is 1. The van der Waals surface area contributed by atoms with Crippen LogP contribution >= 0.6 is 0 Å². The molecule has 4 nitrogen and oxygen atoms in total. The molecule has 0 unspecified atom stereocenters. The summed E-state index contributed by atoms with van der Waals surface area (Å²) in [4.78, 5) is 15.7. The van der Waals surface area contributed by atoms with Crippen molar-refractivity contribution in [2.45, 2.75) is 20.0 Å². The lowest BCUT2D eigenvalue weighted by Crippen LogP contribution is -2.15. The number of benzene rings is 1. The predicted molar refractivity (Wildman–Crippen MR) is 74.2 cm³/mol. The smallest absolute Gasteiger partial charge is 0.169 e. The summed E-state index contributed by atoms with van der Waals surface area (Å²) in [5.41, 5.74) is 2.83. The van der Waals surface area contributed by atoms with Gasteiger partial charge in [-0.1, -0.05) is 0 Å². The van der Waals surface area contributed by atoms with Crippen LogP contribution in [-0.2, 0) is 6.61 Å². The molecule has 0 saturated carbocycles. The zero-order chi connectivity index (χ0) is 13.9. The van der Waals surface area contributed by atoms with E-state index in [1.807, 2.05) is 25.3 Å². The number of aromatic nitrogens is 1. The fraction of sp³-hybridized carbons (Fsp3) is 0.250. The van der Waals surface area contributed by atoms with E-state index >= 15 is 0 Å². The second-order valence-corrected chi connectivity index (χ2v) is 4.77. The molecule has 0 spiro atoms. The number of carbonyl (C=O) groups is 1. The molecule has 3 rings (SSSR count). The van der Waals surface area contributed by atoms with E-state index in [9.17, 15) is 4.79 Å². The Kier molecular flexibility index (Phi) is 3.37. The normalized spacial score (nSPS) is 13.6. The maximum atomic E-state index is 11.7. The Bertz CT molecular complexity index is 652. The molecule has 0 atom stereocenters. The van der Waals surface area contributed by atoms with Crippen LogP contribution in [0.2, 0.25) is 0 Å². The van der Waals surface area contributed by atoms with Gasteiger partial charge in [0, 0.05) is 24.9 Å². The second-order valence-electron chi connectivity index (χ2n) is 4.77. The monoisotopic (exact) mass is 269 g/mol. The van der Waals surface area contributed by atoms with Crippen LogP contribution in [0.4, 0.5) is 0 Å². The lowest BCUT2D eigenvalue weighted by atomic mass is 10.1. The maximum absolute atomic E-state index is 11.7. The Balaban J connectivity index is 1.76. The first-order chi connectivity index (χ1) is 9.74. The molecular weight excluding hydrogens is 254 g/mol. The highest BCUT2D eigenvalue weighted by molar-refractivity contribution is 5.99. The first kappa shape index (κ1) is 12.7. The Morgan fingerprint density at radius 1 is 1.35 bits per heavy atom. The quantitative estimate of drug-likeness (QED) is 0.859. The van der Waals surface area contributed by atoms with Gasteiger partial charge in [-0.05, 0) is 36.2 Å². The Hall–Kier alpha value is -2.36. The fourth-order valence-corrected chi connectivity index (χ4v) is 2.16. The van der Waals surface area contributed by atoms with Crippen LogP contribution in [0.5, 0.6) is 11.5 Å². The van der Waals surface area contributed by atoms with Crippen molar-refractivity contribution >= 4 is 5.78 Å². The van der Waals surface area contributed by atoms with Gasteiger partial charge in [0.15, 0.2) is 5.78 Å². The molecular formula is C16H15NO3. The summed E-state index contributed by atoms with van der Waals surface area (Å²) in [6.45, 7) is 2.92. The molecule has 1 aliphatic rings. The van der Waals surface area contributed by atoms with Crippen molar-refractivity contribution in [1.82, 2.24) is 4.98 Å². The summed E-state index contributed by atoms with van der Waals surface area (Å²) in [6.07, 6.45) is 4.01. The van der Waals surface area contributed by atoms with E-state index in [-0.39, 0.29) is 5.78 Å². The SMILES string of the molecule is Cc1cnccc1COc1ccc2c(c1)OCCC2=O. The van der Waals surface area contributed by atoms with Gasteiger partial charge in [-0.2, -0.15) is 0 Å². The van der Waals surface area contributed by atoms with Gasteiger partial charge in [0.1, 0.15) is 18.1 Å². The number of fused-ring (bicyclic) bond motifs is 1. The van der Waals surface area contributed by atoms with Gasteiger partial charge < -0.3 is 9.47 Å². The van der Waals surface area contributed by atoms with Crippen molar-refractivity contribution in [2.75, 3.05) is 6.61 Å². The highest BCUT2D eigenvalue weighted by atomic mass is 16.5. The molecule has 0 amide bonds. The fourth-order valence-electron chi connectivity index (χ4n) is 2.16. The Morgan fingerprint density at radius 3 is 3.10 bits per heavy atom. The average molecular weight is 269 g/mol. The van der Waals surface area contributed by atoms with Crippen LogP contribution in [0, 0.1) is 6.92 Å². The number of hydrogen-bond donors (Lipinski definition) is 0. The first-order valence-corrected chi connectivity index (χ1v) is 6.56.